The topological polar surface area (TPSA) is 173 Å². The lowest BCUT2D eigenvalue weighted by Gasteiger charge is -2.19. The van der Waals surface area contributed by atoms with Crippen LogP contribution in [0.5, 0.6) is 17.2 Å². The number of carbonyl (C=O) groups is 2. The summed E-state index contributed by atoms with van der Waals surface area (Å²) in [4.78, 5) is 34.9. The zero-order valence-corrected chi connectivity index (χ0v) is 25.7. The van der Waals surface area contributed by atoms with Gasteiger partial charge in [-0.1, -0.05) is 18.2 Å². The average Bonchev–Trinajstić information content (AvgIpc) is 3.43. The van der Waals surface area contributed by atoms with Gasteiger partial charge in [-0.05, 0) is 85.6 Å². The van der Waals surface area contributed by atoms with Gasteiger partial charge in [0.2, 0.25) is 5.91 Å². The Balaban J connectivity index is 1.54. The van der Waals surface area contributed by atoms with Gasteiger partial charge in [0.25, 0.3) is 5.91 Å². The Hall–Kier alpha value is -6.05. The van der Waals surface area contributed by atoms with Crippen LogP contribution in [0.3, 0.4) is 0 Å². The molecule has 248 valence electrons. The van der Waals surface area contributed by atoms with E-state index in [1.165, 1.54) is 12.1 Å². The molecule has 7 N–H and O–H groups in total. The first-order valence-electron chi connectivity index (χ1n) is 14.7. The zero-order valence-electron chi connectivity index (χ0n) is 25.7. The molecule has 4 aromatic carbocycles. The highest BCUT2D eigenvalue weighted by atomic mass is 19.4. The van der Waals surface area contributed by atoms with Crippen LogP contribution in [0.4, 0.5) is 18.9 Å². The number of amides is 2. The van der Waals surface area contributed by atoms with Crippen LogP contribution < -0.4 is 32.0 Å². The monoisotopic (exact) mass is 659 g/mol. The Bertz CT molecular complexity index is 1970. The molecule has 14 heteroatoms. The van der Waals surface area contributed by atoms with Gasteiger partial charge in [0, 0.05) is 23.4 Å². The number of alkyl halides is 3. The predicted octanol–water partition coefficient (Wildman–Crippen LogP) is 5.86. The van der Waals surface area contributed by atoms with Crippen LogP contribution in [0.1, 0.15) is 34.8 Å². The minimum atomic E-state index is -4.54. The zero-order chi connectivity index (χ0) is 34.4. The third-order valence-corrected chi connectivity index (χ3v) is 7.36. The lowest BCUT2D eigenvalue weighted by atomic mass is 10.1. The maximum Gasteiger partial charge on any atom is 0.416 e. The van der Waals surface area contributed by atoms with E-state index in [0.717, 1.165) is 12.1 Å². The molecule has 0 unspecified atom stereocenters. The molecule has 0 spiro atoms. The van der Waals surface area contributed by atoms with E-state index >= 15 is 0 Å². The summed E-state index contributed by atoms with van der Waals surface area (Å²) in [6, 6.07) is 21.9. The number of aromatic nitrogens is 2. The maximum atomic E-state index is 13.3. The summed E-state index contributed by atoms with van der Waals surface area (Å²) in [5.41, 5.74) is 18.2. The number of hydrogen-bond acceptors (Lipinski definition) is 6. The van der Waals surface area contributed by atoms with Crippen molar-refractivity contribution < 1.29 is 32.2 Å². The minimum Gasteiger partial charge on any atom is -0.497 e. The Labute approximate surface area is 273 Å². The van der Waals surface area contributed by atoms with Gasteiger partial charge in [-0.3, -0.25) is 14.6 Å². The van der Waals surface area contributed by atoms with Gasteiger partial charge in [0.05, 0.1) is 23.7 Å². The molecule has 2 amide bonds. The van der Waals surface area contributed by atoms with Gasteiger partial charge in [-0.25, -0.2) is 4.98 Å². The van der Waals surface area contributed by atoms with Crippen molar-refractivity contribution in [1.82, 2.24) is 9.55 Å². The molecule has 1 heterocycles. The van der Waals surface area contributed by atoms with Crippen LogP contribution >= 0.6 is 0 Å². The second-order valence-corrected chi connectivity index (χ2v) is 10.7. The van der Waals surface area contributed by atoms with Crippen molar-refractivity contribution in [3.63, 3.8) is 0 Å². The maximum absolute atomic E-state index is 13.3. The molecule has 1 aromatic heterocycles. The van der Waals surface area contributed by atoms with Gasteiger partial charge in [-0.15, -0.1) is 0 Å². The summed E-state index contributed by atoms with van der Waals surface area (Å²) in [6.45, 7) is 0.254. The molecule has 0 radical (unpaired) electrons. The van der Waals surface area contributed by atoms with E-state index in [0.29, 0.717) is 45.8 Å². The fourth-order valence-electron chi connectivity index (χ4n) is 5.10. The molecular weight excluding hydrogens is 627 g/mol. The fraction of sp³-hybridized carbons (Fsp3) is 0.176. The summed E-state index contributed by atoms with van der Waals surface area (Å²) < 4.78 is 52.5. The van der Waals surface area contributed by atoms with Crippen molar-refractivity contribution in [2.75, 3.05) is 19.0 Å². The Kier molecular flexibility index (Phi) is 9.83. The highest BCUT2D eigenvalue weighted by Crippen LogP contribution is 2.35. The summed E-state index contributed by atoms with van der Waals surface area (Å²) in [6.07, 6.45) is -3.88. The molecule has 5 rings (SSSR count). The number of nitrogens with one attached hydrogen (secondary N) is 1. The van der Waals surface area contributed by atoms with E-state index < -0.39 is 29.6 Å². The first-order valence-corrected chi connectivity index (χ1v) is 14.7. The summed E-state index contributed by atoms with van der Waals surface area (Å²) in [5, 5.41) is 2.83. The van der Waals surface area contributed by atoms with E-state index in [-0.39, 0.29) is 30.4 Å². The molecule has 0 saturated carbocycles. The standard InChI is InChI=1S/C34H32F3N7O4/c1-47-24-13-11-23(12-14-24)42-32(46)21-10-15-28-27(18-21)43-31(44(28)29(30(38)45)9-4-16-41-33(39)40)20-5-2-7-25(17-20)48-26-8-3-6-22(19-26)34(35,36)37/h2-3,5-8,10-15,17-19,29H,4,9,16H2,1H3,(H2,38,45)(H,42,46)(H4,39,40,41)/t29-/m1/s1. The molecule has 11 nitrogen and oxygen atoms in total. The average molecular weight is 660 g/mol. The van der Waals surface area contributed by atoms with Gasteiger partial charge in [0.1, 0.15) is 29.1 Å². The van der Waals surface area contributed by atoms with Gasteiger partial charge in [0.15, 0.2) is 5.96 Å². The molecule has 0 saturated heterocycles. The fourth-order valence-corrected chi connectivity index (χ4v) is 5.10. The second-order valence-electron chi connectivity index (χ2n) is 10.7. The number of nitrogens with zero attached hydrogens (tertiary/aromatic N) is 3. The first kappa shape index (κ1) is 33.3. The van der Waals surface area contributed by atoms with Crippen molar-refractivity contribution in [2.45, 2.75) is 25.1 Å². The number of primary amides is 1. The Morgan fingerprint density at radius 1 is 0.917 bits per heavy atom. The van der Waals surface area contributed by atoms with Crippen molar-refractivity contribution >= 4 is 34.5 Å². The Morgan fingerprint density at radius 3 is 2.29 bits per heavy atom. The highest BCUT2D eigenvalue weighted by Gasteiger charge is 2.31. The van der Waals surface area contributed by atoms with Crippen molar-refractivity contribution in [1.29, 1.82) is 0 Å². The number of guanidine groups is 1. The number of imidazole rings is 1. The number of fused-ring (bicyclic) bond motifs is 1. The normalized spacial score (nSPS) is 11.9. The quantitative estimate of drug-likeness (QED) is 0.0738. The summed E-state index contributed by atoms with van der Waals surface area (Å²) >= 11 is 0. The molecule has 0 aliphatic rings. The molecule has 48 heavy (non-hydrogen) atoms. The lowest BCUT2D eigenvalue weighted by Crippen LogP contribution is -2.27. The minimum absolute atomic E-state index is 0.0160. The van der Waals surface area contributed by atoms with Gasteiger partial charge < -0.3 is 36.6 Å². The number of rotatable bonds is 12. The van der Waals surface area contributed by atoms with Crippen LogP contribution in [0.2, 0.25) is 0 Å². The number of hydrogen-bond donors (Lipinski definition) is 4. The number of nitrogens with two attached hydrogens (primary N) is 3. The number of aliphatic imine (C=N–C) groups is 1. The molecular formula is C34H32F3N7O4. The third-order valence-electron chi connectivity index (χ3n) is 7.36. The first-order chi connectivity index (χ1) is 22.9. The van der Waals surface area contributed by atoms with Crippen molar-refractivity contribution in [3.05, 3.63) is 102 Å². The SMILES string of the molecule is COc1ccc(NC(=O)c2ccc3c(c2)nc(-c2cccc(Oc4cccc(C(F)(F)F)c4)c2)n3[C@H](CCCN=C(N)N)C(N)=O)cc1. The third kappa shape index (κ3) is 7.84. The largest absolute Gasteiger partial charge is 0.497 e. The summed E-state index contributed by atoms with van der Waals surface area (Å²) in [5.74, 6) is 0.0525. The van der Waals surface area contributed by atoms with E-state index in [2.05, 4.69) is 10.3 Å². The molecule has 0 fully saturated rings. The lowest BCUT2D eigenvalue weighted by molar-refractivity contribution is -0.137. The van der Waals surface area contributed by atoms with Crippen LogP contribution in [-0.4, -0.2) is 41.0 Å². The van der Waals surface area contributed by atoms with Crippen molar-refractivity contribution in [2.24, 2.45) is 22.2 Å². The van der Waals surface area contributed by atoms with Crippen LogP contribution in [0.15, 0.2) is 96.0 Å². The van der Waals surface area contributed by atoms with Gasteiger partial charge in [-0.2, -0.15) is 13.2 Å². The number of halogens is 3. The molecule has 5 aromatic rings. The Morgan fingerprint density at radius 2 is 1.62 bits per heavy atom. The number of benzene rings is 4. The van der Waals surface area contributed by atoms with Crippen molar-refractivity contribution in [3.8, 4) is 28.6 Å². The second kappa shape index (κ2) is 14.2. The number of anilines is 1. The van der Waals surface area contributed by atoms with E-state index in [9.17, 15) is 22.8 Å². The number of carbonyl (C=O) groups excluding carboxylic acids is 2. The number of methoxy groups -OCH3 is 1. The van der Waals surface area contributed by atoms with E-state index in [1.54, 1.807) is 78.4 Å². The van der Waals surface area contributed by atoms with Crippen LogP contribution in [0.25, 0.3) is 22.4 Å². The van der Waals surface area contributed by atoms with Gasteiger partial charge >= 0.3 is 6.18 Å². The number of ether oxygens (including phenoxy) is 2. The molecule has 0 bridgehead atoms. The summed E-state index contributed by atoms with van der Waals surface area (Å²) in [7, 11) is 1.54. The molecule has 0 aliphatic carbocycles. The van der Waals surface area contributed by atoms with Crippen LogP contribution in [-0.2, 0) is 11.0 Å². The predicted molar refractivity (Wildman–Crippen MR) is 176 cm³/mol. The van der Waals surface area contributed by atoms with E-state index in [1.807, 2.05) is 0 Å². The van der Waals surface area contributed by atoms with E-state index in [4.69, 9.17) is 31.7 Å². The van der Waals surface area contributed by atoms with Crippen LogP contribution in [0, 0.1) is 0 Å². The highest BCUT2D eigenvalue weighted by molar-refractivity contribution is 6.06. The molecule has 1 atom stereocenters. The smallest absolute Gasteiger partial charge is 0.416 e. The molecule has 0 aliphatic heterocycles.